The highest BCUT2D eigenvalue weighted by Gasteiger charge is 2.18. The summed E-state index contributed by atoms with van der Waals surface area (Å²) in [6, 6.07) is 21.1. The van der Waals surface area contributed by atoms with Crippen LogP contribution in [0.3, 0.4) is 0 Å². The van der Waals surface area contributed by atoms with Crippen LogP contribution in [-0.2, 0) is 6.54 Å². The lowest BCUT2D eigenvalue weighted by Gasteiger charge is -2.12. The molecule has 0 aliphatic heterocycles. The fraction of sp³-hybridized carbons (Fsp3) is 0.115. The first-order valence-corrected chi connectivity index (χ1v) is 11.5. The summed E-state index contributed by atoms with van der Waals surface area (Å²) >= 11 is 1.52. The number of nitro groups is 1. The maximum atomic E-state index is 12.8. The van der Waals surface area contributed by atoms with Gasteiger partial charge >= 0.3 is 0 Å². The predicted octanol–water partition coefficient (Wildman–Crippen LogP) is 6.20. The Balaban J connectivity index is 1.45. The standard InChI is InChI=1S/C26H23N3O5S/c1-33-23-12-10-20(15-24(23)34-2)27-16-17-5-7-18(8-6-17)26(30)28-21-14-19(25-4-3-13-35-25)9-11-22(21)29(31)32/h3-15,27H,16H2,1-2H3,(H,28,30). The van der Waals surface area contributed by atoms with Crippen molar-refractivity contribution in [1.82, 2.24) is 0 Å². The number of rotatable bonds is 9. The first kappa shape index (κ1) is 23.8. The largest absolute Gasteiger partial charge is 0.493 e. The van der Waals surface area contributed by atoms with E-state index in [0.717, 1.165) is 21.7 Å². The van der Waals surface area contributed by atoms with E-state index < -0.39 is 10.8 Å². The molecule has 2 N–H and O–H groups in total. The molecule has 0 saturated carbocycles. The molecule has 1 aromatic heterocycles. The third-order valence-corrected chi connectivity index (χ3v) is 6.26. The molecule has 1 heterocycles. The van der Waals surface area contributed by atoms with Crippen LogP contribution in [0, 0.1) is 10.1 Å². The third kappa shape index (κ3) is 5.59. The molecule has 178 valence electrons. The molecule has 0 aliphatic rings. The molecule has 35 heavy (non-hydrogen) atoms. The molecule has 4 aromatic rings. The van der Waals surface area contributed by atoms with Gasteiger partial charge in [0.05, 0.1) is 19.1 Å². The number of nitro benzene ring substituents is 1. The van der Waals surface area contributed by atoms with Gasteiger partial charge in [-0.25, -0.2) is 0 Å². The first-order chi connectivity index (χ1) is 17.0. The van der Waals surface area contributed by atoms with Crippen molar-refractivity contribution in [3.8, 4) is 21.9 Å². The minimum atomic E-state index is -0.503. The normalized spacial score (nSPS) is 10.5. The zero-order chi connectivity index (χ0) is 24.8. The fourth-order valence-corrected chi connectivity index (χ4v) is 4.23. The number of hydrogen-bond acceptors (Lipinski definition) is 7. The number of thiophene rings is 1. The van der Waals surface area contributed by atoms with Crippen LogP contribution in [-0.4, -0.2) is 25.1 Å². The van der Waals surface area contributed by atoms with Gasteiger partial charge in [0.2, 0.25) is 0 Å². The molecule has 0 radical (unpaired) electrons. The minimum absolute atomic E-state index is 0.157. The molecule has 1 amide bonds. The number of nitrogens with zero attached hydrogens (tertiary/aromatic N) is 1. The summed E-state index contributed by atoms with van der Waals surface area (Å²) in [6.45, 7) is 0.533. The number of amides is 1. The summed E-state index contributed by atoms with van der Waals surface area (Å²) in [5.41, 5.74) is 3.03. The molecule has 0 saturated heterocycles. The fourth-order valence-electron chi connectivity index (χ4n) is 3.51. The van der Waals surface area contributed by atoms with Gasteiger partial charge in [0.1, 0.15) is 5.69 Å². The van der Waals surface area contributed by atoms with Gasteiger partial charge in [-0.15, -0.1) is 11.3 Å². The second-order valence-electron chi connectivity index (χ2n) is 7.54. The molecule has 4 rings (SSSR count). The van der Waals surface area contributed by atoms with Crippen LogP contribution in [0.5, 0.6) is 11.5 Å². The van der Waals surface area contributed by atoms with Gasteiger partial charge in [0.15, 0.2) is 11.5 Å². The second kappa shape index (κ2) is 10.7. The Kier molecular flexibility index (Phi) is 7.27. The smallest absolute Gasteiger partial charge is 0.292 e. The molecular weight excluding hydrogens is 466 g/mol. The molecular formula is C26H23N3O5S. The summed E-state index contributed by atoms with van der Waals surface area (Å²) in [5.74, 6) is 0.854. The van der Waals surface area contributed by atoms with Crippen molar-refractivity contribution < 1.29 is 19.2 Å². The molecule has 0 atom stereocenters. The van der Waals surface area contributed by atoms with Gasteiger partial charge < -0.3 is 20.1 Å². The van der Waals surface area contributed by atoms with Crippen LogP contribution in [0.4, 0.5) is 17.1 Å². The van der Waals surface area contributed by atoms with Gasteiger partial charge in [-0.2, -0.15) is 0 Å². The lowest BCUT2D eigenvalue weighted by Crippen LogP contribution is -2.13. The van der Waals surface area contributed by atoms with Crippen LogP contribution in [0.2, 0.25) is 0 Å². The molecule has 0 unspecified atom stereocenters. The predicted molar refractivity (Wildman–Crippen MR) is 138 cm³/mol. The molecule has 3 aromatic carbocycles. The monoisotopic (exact) mass is 489 g/mol. The zero-order valence-electron chi connectivity index (χ0n) is 19.1. The number of nitrogens with one attached hydrogen (secondary N) is 2. The van der Waals surface area contributed by atoms with Crippen molar-refractivity contribution in [2.24, 2.45) is 0 Å². The molecule has 0 fully saturated rings. The van der Waals surface area contributed by atoms with Crippen LogP contribution >= 0.6 is 11.3 Å². The molecule has 8 nitrogen and oxygen atoms in total. The Morgan fingerprint density at radius 1 is 0.971 bits per heavy atom. The SMILES string of the molecule is COc1ccc(NCc2ccc(C(=O)Nc3cc(-c4cccs4)ccc3[N+](=O)[O-])cc2)cc1OC. The number of methoxy groups -OCH3 is 2. The lowest BCUT2D eigenvalue weighted by atomic mass is 10.1. The summed E-state index contributed by atoms with van der Waals surface area (Å²) in [6.07, 6.45) is 0. The Bertz CT molecular complexity index is 1340. The van der Waals surface area contributed by atoms with Gasteiger partial charge in [0.25, 0.3) is 11.6 Å². The average molecular weight is 490 g/mol. The Morgan fingerprint density at radius 2 is 1.74 bits per heavy atom. The molecule has 0 spiro atoms. The summed E-state index contributed by atoms with van der Waals surface area (Å²) in [7, 11) is 3.17. The maximum absolute atomic E-state index is 12.8. The number of carbonyl (C=O) groups excluding carboxylic acids is 1. The van der Waals surface area contributed by atoms with E-state index in [1.54, 1.807) is 38.5 Å². The van der Waals surface area contributed by atoms with E-state index in [2.05, 4.69) is 10.6 Å². The highest BCUT2D eigenvalue weighted by atomic mass is 32.1. The molecule has 0 bridgehead atoms. The van der Waals surface area contributed by atoms with Crippen molar-refractivity contribution in [2.45, 2.75) is 6.54 Å². The average Bonchev–Trinajstić information content (AvgIpc) is 3.42. The molecule has 9 heteroatoms. The van der Waals surface area contributed by atoms with Gasteiger partial charge in [-0.1, -0.05) is 18.2 Å². The summed E-state index contributed by atoms with van der Waals surface area (Å²) in [4.78, 5) is 24.8. The highest BCUT2D eigenvalue weighted by Crippen LogP contribution is 2.33. The van der Waals surface area contributed by atoms with E-state index in [9.17, 15) is 14.9 Å². The Morgan fingerprint density at radius 3 is 2.40 bits per heavy atom. The van der Waals surface area contributed by atoms with Crippen LogP contribution in [0.15, 0.2) is 78.2 Å². The van der Waals surface area contributed by atoms with Gasteiger partial charge in [-0.05, 0) is 59.0 Å². The van der Waals surface area contributed by atoms with Crippen molar-refractivity contribution >= 4 is 34.3 Å². The van der Waals surface area contributed by atoms with E-state index in [1.807, 2.05) is 47.8 Å². The topological polar surface area (TPSA) is 103 Å². The maximum Gasteiger partial charge on any atom is 0.292 e. The van der Waals surface area contributed by atoms with Gasteiger partial charge in [-0.3, -0.25) is 14.9 Å². The molecule has 0 aliphatic carbocycles. The number of anilines is 2. The van der Waals surface area contributed by atoms with Crippen molar-refractivity contribution in [3.05, 3.63) is 99.4 Å². The zero-order valence-corrected chi connectivity index (χ0v) is 19.9. The van der Waals surface area contributed by atoms with Gasteiger partial charge in [0, 0.05) is 34.8 Å². The van der Waals surface area contributed by atoms with Crippen LogP contribution in [0.25, 0.3) is 10.4 Å². The first-order valence-electron chi connectivity index (χ1n) is 10.7. The number of benzene rings is 3. The number of hydrogen-bond donors (Lipinski definition) is 2. The lowest BCUT2D eigenvalue weighted by molar-refractivity contribution is -0.383. The number of ether oxygens (including phenoxy) is 2. The Labute approximate surface area is 206 Å². The van der Waals surface area contributed by atoms with Crippen LogP contribution < -0.4 is 20.1 Å². The quantitative estimate of drug-likeness (QED) is 0.214. The van der Waals surface area contributed by atoms with E-state index in [0.29, 0.717) is 23.6 Å². The third-order valence-electron chi connectivity index (χ3n) is 5.34. The number of carbonyl (C=O) groups is 1. The van der Waals surface area contributed by atoms with E-state index in [1.165, 1.54) is 17.4 Å². The minimum Gasteiger partial charge on any atom is -0.493 e. The van der Waals surface area contributed by atoms with Crippen molar-refractivity contribution in [3.63, 3.8) is 0 Å². The van der Waals surface area contributed by atoms with E-state index in [-0.39, 0.29) is 11.4 Å². The van der Waals surface area contributed by atoms with Crippen LogP contribution in [0.1, 0.15) is 15.9 Å². The summed E-state index contributed by atoms with van der Waals surface area (Å²) in [5, 5.41) is 19.4. The second-order valence-corrected chi connectivity index (χ2v) is 8.49. The van der Waals surface area contributed by atoms with E-state index >= 15 is 0 Å². The highest BCUT2D eigenvalue weighted by molar-refractivity contribution is 7.13. The van der Waals surface area contributed by atoms with Crippen molar-refractivity contribution in [2.75, 3.05) is 24.9 Å². The Hall–Kier alpha value is -4.37. The summed E-state index contributed by atoms with van der Waals surface area (Å²) < 4.78 is 10.6. The van der Waals surface area contributed by atoms with Crippen molar-refractivity contribution in [1.29, 1.82) is 0 Å². The van der Waals surface area contributed by atoms with E-state index in [4.69, 9.17) is 9.47 Å².